The molecule has 1 aromatic carbocycles. The molecular formula is C11H14BrNO2. The van der Waals surface area contributed by atoms with Crippen LogP contribution < -0.4 is 5.73 Å². The summed E-state index contributed by atoms with van der Waals surface area (Å²) < 4.78 is 6.05. The van der Waals surface area contributed by atoms with Crippen LogP contribution >= 0.6 is 15.9 Å². The van der Waals surface area contributed by atoms with Crippen molar-refractivity contribution in [3.63, 3.8) is 0 Å². The van der Waals surface area contributed by atoms with Gasteiger partial charge in [0.05, 0.1) is 0 Å². The lowest BCUT2D eigenvalue weighted by atomic mass is 10.2. The standard InChI is InChI=1S/C11H14BrNO2/c12-10-4-1-3-9(7-10)8-15-11(14)5-2-6-13/h1,3-4,7H,2,5-6,8,13H2. The van der Waals surface area contributed by atoms with Crippen molar-refractivity contribution in [3.05, 3.63) is 34.3 Å². The molecule has 0 saturated heterocycles. The molecule has 1 rings (SSSR count). The van der Waals surface area contributed by atoms with Gasteiger partial charge in [-0.3, -0.25) is 4.79 Å². The molecule has 0 unspecified atom stereocenters. The minimum atomic E-state index is -0.194. The average molecular weight is 272 g/mol. The molecule has 0 heterocycles. The van der Waals surface area contributed by atoms with E-state index in [0.717, 1.165) is 10.0 Å². The van der Waals surface area contributed by atoms with E-state index in [1.165, 1.54) is 0 Å². The molecule has 3 nitrogen and oxygen atoms in total. The minimum Gasteiger partial charge on any atom is -0.461 e. The highest BCUT2D eigenvalue weighted by Crippen LogP contribution is 2.12. The van der Waals surface area contributed by atoms with E-state index in [1.807, 2.05) is 24.3 Å². The van der Waals surface area contributed by atoms with Crippen LogP contribution in [-0.4, -0.2) is 12.5 Å². The van der Waals surface area contributed by atoms with E-state index < -0.39 is 0 Å². The number of carbonyl (C=O) groups is 1. The van der Waals surface area contributed by atoms with Crippen molar-refractivity contribution in [2.24, 2.45) is 5.73 Å². The molecule has 0 saturated carbocycles. The predicted octanol–water partition coefficient (Wildman–Crippen LogP) is 2.23. The second-order valence-electron chi connectivity index (χ2n) is 3.18. The van der Waals surface area contributed by atoms with Gasteiger partial charge in [-0.1, -0.05) is 28.1 Å². The maximum Gasteiger partial charge on any atom is 0.306 e. The molecule has 2 N–H and O–H groups in total. The van der Waals surface area contributed by atoms with Crippen LogP contribution in [0, 0.1) is 0 Å². The van der Waals surface area contributed by atoms with Crippen molar-refractivity contribution in [1.82, 2.24) is 0 Å². The fraction of sp³-hybridized carbons (Fsp3) is 0.364. The SMILES string of the molecule is NCCCC(=O)OCc1cccc(Br)c1. The Hall–Kier alpha value is -0.870. The molecule has 4 heteroatoms. The zero-order chi connectivity index (χ0) is 11.1. The first-order valence-electron chi connectivity index (χ1n) is 4.82. The number of carbonyl (C=O) groups excluding carboxylic acids is 1. The van der Waals surface area contributed by atoms with Gasteiger partial charge >= 0.3 is 5.97 Å². The maximum absolute atomic E-state index is 11.2. The Kier molecular flexibility index (Phi) is 5.36. The molecule has 0 aliphatic carbocycles. The van der Waals surface area contributed by atoms with E-state index in [9.17, 15) is 4.79 Å². The Morgan fingerprint density at radius 1 is 1.47 bits per heavy atom. The lowest BCUT2D eigenvalue weighted by molar-refractivity contribution is -0.145. The third-order valence-electron chi connectivity index (χ3n) is 1.87. The van der Waals surface area contributed by atoms with E-state index >= 15 is 0 Å². The Balaban J connectivity index is 2.33. The monoisotopic (exact) mass is 271 g/mol. The van der Waals surface area contributed by atoms with Gasteiger partial charge < -0.3 is 10.5 Å². The van der Waals surface area contributed by atoms with E-state index in [1.54, 1.807) is 0 Å². The Labute approximate surface area is 97.7 Å². The molecule has 0 radical (unpaired) electrons. The Bertz CT molecular complexity index is 328. The second-order valence-corrected chi connectivity index (χ2v) is 4.10. The molecule has 15 heavy (non-hydrogen) atoms. The fourth-order valence-electron chi connectivity index (χ4n) is 1.11. The number of hydrogen-bond donors (Lipinski definition) is 1. The smallest absolute Gasteiger partial charge is 0.306 e. The van der Waals surface area contributed by atoms with Gasteiger partial charge in [0.2, 0.25) is 0 Å². The van der Waals surface area contributed by atoms with Gasteiger partial charge in [0.1, 0.15) is 6.61 Å². The summed E-state index contributed by atoms with van der Waals surface area (Å²) in [7, 11) is 0. The number of ether oxygens (including phenoxy) is 1. The van der Waals surface area contributed by atoms with Gasteiger partial charge in [-0.2, -0.15) is 0 Å². The summed E-state index contributed by atoms with van der Waals surface area (Å²) in [4.78, 5) is 11.2. The fourth-order valence-corrected chi connectivity index (χ4v) is 1.56. The summed E-state index contributed by atoms with van der Waals surface area (Å²) in [5, 5.41) is 0. The first-order valence-corrected chi connectivity index (χ1v) is 5.62. The van der Waals surface area contributed by atoms with Gasteiger partial charge in [-0.15, -0.1) is 0 Å². The van der Waals surface area contributed by atoms with Gasteiger partial charge in [-0.05, 0) is 30.7 Å². The topological polar surface area (TPSA) is 52.3 Å². The van der Waals surface area contributed by atoms with Gasteiger partial charge in [0.15, 0.2) is 0 Å². The summed E-state index contributed by atoms with van der Waals surface area (Å²) in [6.07, 6.45) is 1.07. The first kappa shape index (κ1) is 12.2. The molecule has 0 aliphatic rings. The van der Waals surface area contributed by atoms with Crippen LogP contribution in [0.5, 0.6) is 0 Å². The summed E-state index contributed by atoms with van der Waals surface area (Å²) in [6.45, 7) is 0.842. The van der Waals surface area contributed by atoms with Crippen molar-refractivity contribution in [1.29, 1.82) is 0 Å². The number of halogens is 1. The van der Waals surface area contributed by atoms with Gasteiger partial charge in [0, 0.05) is 10.9 Å². The molecule has 0 amide bonds. The molecule has 82 valence electrons. The number of nitrogens with two attached hydrogens (primary N) is 1. The van der Waals surface area contributed by atoms with E-state index in [4.69, 9.17) is 10.5 Å². The van der Waals surface area contributed by atoms with Crippen molar-refractivity contribution < 1.29 is 9.53 Å². The molecular weight excluding hydrogens is 258 g/mol. The van der Waals surface area contributed by atoms with Crippen molar-refractivity contribution >= 4 is 21.9 Å². The van der Waals surface area contributed by atoms with Crippen molar-refractivity contribution in [3.8, 4) is 0 Å². The Morgan fingerprint density at radius 2 is 2.27 bits per heavy atom. The third-order valence-corrected chi connectivity index (χ3v) is 2.37. The van der Waals surface area contributed by atoms with E-state index in [-0.39, 0.29) is 5.97 Å². The van der Waals surface area contributed by atoms with Crippen LogP contribution in [0.4, 0.5) is 0 Å². The van der Waals surface area contributed by atoms with Crippen molar-refractivity contribution in [2.45, 2.75) is 19.4 Å². The normalized spacial score (nSPS) is 10.0. The average Bonchev–Trinajstić information content (AvgIpc) is 2.23. The lowest BCUT2D eigenvalue weighted by Gasteiger charge is -2.04. The van der Waals surface area contributed by atoms with Crippen LogP contribution in [0.2, 0.25) is 0 Å². The minimum absolute atomic E-state index is 0.194. The summed E-state index contributed by atoms with van der Waals surface area (Å²) in [5.41, 5.74) is 6.27. The molecule has 0 atom stereocenters. The van der Waals surface area contributed by atoms with Gasteiger partial charge in [-0.25, -0.2) is 0 Å². The maximum atomic E-state index is 11.2. The number of esters is 1. The van der Waals surface area contributed by atoms with Crippen LogP contribution in [-0.2, 0) is 16.1 Å². The quantitative estimate of drug-likeness (QED) is 0.836. The van der Waals surface area contributed by atoms with E-state index in [2.05, 4.69) is 15.9 Å². The van der Waals surface area contributed by atoms with Crippen LogP contribution in [0.3, 0.4) is 0 Å². The zero-order valence-corrected chi connectivity index (χ0v) is 10.00. The van der Waals surface area contributed by atoms with Crippen LogP contribution in [0.25, 0.3) is 0 Å². The summed E-state index contributed by atoms with van der Waals surface area (Å²) in [5.74, 6) is -0.194. The Morgan fingerprint density at radius 3 is 2.93 bits per heavy atom. The highest BCUT2D eigenvalue weighted by atomic mass is 79.9. The van der Waals surface area contributed by atoms with Crippen LogP contribution in [0.15, 0.2) is 28.7 Å². The summed E-state index contributed by atoms with van der Waals surface area (Å²) in [6, 6.07) is 7.68. The molecule has 0 aromatic heterocycles. The number of hydrogen-bond acceptors (Lipinski definition) is 3. The largest absolute Gasteiger partial charge is 0.461 e. The van der Waals surface area contributed by atoms with Crippen molar-refractivity contribution in [2.75, 3.05) is 6.54 Å². The van der Waals surface area contributed by atoms with Gasteiger partial charge in [0.25, 0.3) is 0 Å². The number of rotatable bonds is 5. The van der Waals surface area contributed by atoms with E-state index in [0.29, 0.717) is 26.0 Å². The molecule has 0 fully saturated rings. The molecule has 0 bridgehead atoms. The van der Waals surface area contributed by atoms with Crippen LogP contribution in [0.1, 0.15) is 18.4 Å². The molecule has 1 aromatic rings. The highest BCUT2D eigenvalue weighted by molar-refractivity contribution is 9.10. The second kappa shape index (κ2) is 6.58. The molecule has 0 spiro atoms. The first-order chi connectivity index (χ1) is 7.22. The number of benzene rings is 1. The lowest BCUT2D eigenvalue weighted by Crippen LogP contribution is -2.07. The predicted molar refractivity (Wildman–Crippen MR) is 62.2 cm³/mol. The summed E-state index contributed by atoms with van der Waals surface area (Å²) >= 11 is 3.35. The molecule has 0 aliphatic heterocycles. The third kappa shape index (κ3) is 4.95. The zero-order valence-electron chi connectivity index (χ0n) is 8.41. The highest BCUT2D eigenvalue weighted by Gasteiger charge is 2.02.